The molecule has 3 aromatic rings. The van der Waals surface area contributed by atoms with Crippen LogP contribution in [0.2, 0.25) is 5.02 Å². The number of aromatic nitrogens is 3. The summed E-state index contributed by atoms with van der Waals surface area (Å²) in [6.07, 6.45) is 7.12. The van der Waals surface area contributed by atoms with E-state index in [1.54, 1.807) is 41.8 Å². The molecule has 0 atom stereocenters. The molecule has 0 aliphatic heterocycles. The number of pyridine rings is 1. The Balaban J connectivity index is 1.87. The molecule has 0 aliphatic carbocycles. The lowest BCUT2D eigenvalue weighted by Crippen LogP contribution is -2.32. The first-order chi connectivity index (χ1) is 11.6. The van der Waals surface area contributed by atoms with Crippen molar-refractivity contribution < 1.29 is 4.79 Å². The van der Waals surface area contributed by atoms with E-state index in [-0.39, 0.29) is 12.3 Å². The van der Waals surface area contributed by atoms with Crippen molar-refractivity contribution in [1.82, 2.24) is 15.0 Å². The molecule has 2 heterocycles. The van der Waals surface area contributed by atoms with Crippen LogP contribution in [0.3, 0.4) is 0 Å². The summed E-state index contributed by atoms with van der Waals surface area (Å²) in [5, 5.41) is 0.620. The number of anilines is 1. The molecule has 2 aromatic heterocycles. The van der Waals surface area contributed by atoms with Gasteiger partial charge in [0.15, 0.2) is 0 Å². The highest BCUT2D eigenvalue weighted by Gasteiger charge is 2.18. The van der Waals surface area contributed by atoms with E-state index < -0.39 is 0 Å². The number of halogens is 1. The highest BCUT2D eigenvalue weighted by atomic mass is 35.5. The molecule has 122 valence electrons. The standard InChI is InChI=1S/C18H17ClN4O/c1-13-7-16(11-20-10-13)23(12-17-21-5-6-22-17)18(24)9-14-3-2-4-15(19)8-14/h2-8,10-11H,9,12H2,1H3,(H,21,22). The number of H-pyrrole nitrogens is 1. The Morgan fingerprint density at radius 1 is 1.29 bits per heavy atom. The van der Waals surface area contributed by atoms with Crippen LogP contribution in [0.1, 0.15) is 17.0 Å². The molecule has 24 heavy (non-hydrogen) atoms. The average Bonchev–Trinajstić information content (AvgIpc) is 3.05. The Bertz CT molecular complexity index is 833. The number of hydrogen-bond donors (Lipinski definition) is 1. The summed E-state index contributed by atoms with van der Waals surface area (Å²) in [7, 11) is 0. The quantitative estimate of drug-likeness (QED) is 0.772. The molecule has 1 aromatic carbocycles. The minimum absolute atomic E-state index is 0.0407. The Kier molecular flexibility index (Phi) is 4.91. The zero-order valence-corrected chi connectivity index (χ0v) is 14.0. The second-order valence-corrected chi connectivity index (χ2v) is 5.98. The number of carbonyl (C=O) groups is 1. The van der Waals surface area contributed by atoms with Crippen LogP contribution in [-0.4, -0.2) is 20.9 Å². The van der Waals surface area contributed by atoms with Crippen molar-refractivity contribution in [1.29, 1.82) is 0 Å². The number of rotatable bonds is 5. The molecule has 5 nitrogen and oxygen atoms in total. The molecule has 0 unspecified atom stereocenters. The van der Waals surface area contributed by atoms with Crippen molar-refractivity contribution in [3.8, 4) is 0 Å². The van der Waals surface area contributed by atoms with E-state index in [1.165, 1.54) is 0 Å². The van der Waals surface area contributed by atoms with Crippen molar-refractivity contribution in [3.05, 3.63) is 77.1 Å². The summed E-state index contributed by atoms with van der Waals surface area (Å²) in [5.41, 5.74) is 2.61. The van der Waals surface area contributed by atoms with Gasteiger partial charge in [-0.3, -0.25) is 9.78 Å². The van der Waals surface area contributed by atoms with Gasteiger partial charge in [-0.2, -0.15) is 0 Å². The lowest BCUT2D eigenvalue weighted by molar-refractivity contribution is -0.118. The molecule has 0 saturated heterocycles. The fraction of sp³-hybridized carbons (Fsp3) is 0.167. The molecule has 1 amide bonds. The lowest BCUT2D eigenvalue weighted by Gasteiger charge is -2.22. The van der Waals surface area contributed by atoms with Gasteiger partial charge >= 0.3 is 0 Å². The maximum absolute atomic E-state index is 12.9. The topological polar surface area (TPSA) is 61.9 Å². The SMILES string of the molecule is Cc1cncc(N(Cc2ncc[nH]2)C(=O)Cc2cccc(Cl)c2)c1. The van der Waals surface area contributed by atoms with Crippen molar-refractivity contribution >= 4 is 23.2 Å². The number of aryl methyl sites for hydroxylation is 1. The first-order valence-corrected chi connectivity index (χ1v) is 7.94. The van der Waals surface area contributed by atoms with E-state index in [4.69, 9.17) is 11.6 Å². The van der Waals surface area contributed by atoms with E-state index in [1.807, 2.05) is 25.1 Å². The number of hydrogen-bond acceptors (Lipinski definition) is 3. The van der Waals surface area contributed by atoms with Gasteiger partial charge in [-0.15, -0.1) is 0 Å². The molecule has 0 bridgehead atoms. The predicted octanol–water partition coefficient (Wildman–Crippen LogP) is 3.54. The normalized spacial score (nSPS) is 10.6. The van der Waals surface area contributed by atoms with E-state index in [0.29, 0.717) is 11.6 Å². The van der Waals surface area contributed by atoms with Crippen LogP contribution in [0, 0.1) is 6.92 Å². The van der Waals surface area contributed by atoms with Crippen molar-refractivity contribution in [2.75, 3.05) is 4.90 Å². The molecule has 0 aliphatic rings. The van der Waals surface area contributed by atoms with Crippen LogP contribution in [0.4, 0.5) is 5.69 Å². The minimum atomic E-state index is -0.0407. The van der Waals surface area contributed by atoms with Crippen molar-refractivity contribution in [2.24, 2.45) is 0 Å². The van der Waals surface area contributed by atoms with Gasteiger partial charge in [0.05, 0.1) is 24.8 Å². The summed E-state index contributed by atoms with van der Waals surface area (Å²) in [6, 6.07) is 9.27. The van der Waals surface area contributed by atoms with Gasteiger partial charge in [-0.25, -0.2) is 4.98 Å². The van der Waals surface area contributed by atoms with Crippen LogP contribution in [0.15, 0.2) is 55.1 Å². The van der Waals surface area contributed by atoms with Crippen LogP contribution in [0.25, 0.3) is 0 Å². The van der Waals surface area contributed by atoms with Crippen LogP contribution in [-0.2, 0) is 17.8 Å². The van der Waals surface area contributed by atoms with Gasteiger partial charge in [0.1, 0.15) is 5.82 Å². The highest BCUT2D eigenvalue weighted by molar-refractivity contribution is 6.30. The summed E-state index contributed by atoms with van der Waals surface area (Å²) < 4.78 is 0. The Morgan fingerprint density at radius 2 is 2.17 bits per heavy atom. The largest absolute Gasteiger partial charge is 0.347 e. The number of nitrogens with zero attached hydrogens (tertiary/aromatic N) is 3. The Labute approximate surface area is 145 Å². The number of imidazole rings is 1. The zero-order chi connectivity index (χ0) is 16.9. The summed E-state index contributed by atoms with van der Waals surface area (Å²) in [4.78, 5) is 26.0. The third-order valence-electron chi connectivity index (χ3n) is 3.58. The highest BCUT2D eigenvalue weighted by Crippen LogP contribution is 2.19. The molecule has 3 rings (SSSR count). The van der Waals surface area contributed by atoms with E-state index in [9.17, 15) is 4.79 Å². The third kappa shape index (κ3) is 4.00. The van der Waals surface area contributed by atoms with E-state index >= 15 is 0 Å². The third-order valence-corrected chi connectivity index (χ3v) is 3.82. The van der Waals surface area contributed by atoms with Gasteiger partial charge in [0.2, 0.25) is 5.91 Å². The summed E-state index contributed by atoms with van der Waals surface area (Å²) in [6.45, 7) is 2.31. The molecule has 0 radical (unpaired) electrons. The second-order valence-electron chi connectivity index (χ2n) is 5.54. The van der Waals surface area contributed by atoms with Gasteiger partial charge in [-0.05, 0) is 36.2 Å². The van der Waals surface area contributed by atoms with Crippen LogP contribution < -0.4 is 4.90 Å². The Hall–Kier alpha value is -2.66. The number of aromatic amines is 1. The number of carbonyl (C=O) groups excluding carboxylic acids is 1. The number of amides is 1. The zero-order valence-electron chi connectivity index (χ0n) is 13.2. The van der Waals surface area contributed by atoms with Crippen molar-refractivity contribution in [2.45, 2.75) is 19.9 Å². The number of benzene rings is 1. The molecule has 0 fully saturated rings. The van der Waals surface area contributed by atoms with Gasteiger partial charge in [-0.1, -0.05) is 23.7 Å². The van der Waals surface area contributed by atoms with Crippen LogP contribution >= 0.6 is 11.6 Å². The average molecular weight is 341 g/mol. The Morgan fingerprint density at radius 3 is 2.88 bits per heavy atom. The minimum Gasteiger partial charge on any atom is -0.347 e. The maximum Gasteiger partial charge on any atom is 0.231 e. The molecular formula is C18H17ClN4O. The van der Waals surface area contributed by atoms with Gasteiger partial charge < -0.3 is 9.88 Å². The smallest absolute Gasteiger partial charge is 0.231 e. The molecule has 1 N–H and O–H groups in total. The maximum atomic E-state index is 12.9. The fourth-order valence-corrected chi connectivity index (χ4v) is 2.67. The molecule has 0 spiro atoms. The molecular weight excluding hydrogens is 324 g/mol. The predicted molar refractivity (Wildman–Crippen MR) is 93.9 cm³/mol. The summed E-state index contributed by atoms with van der Waals surface area (Å²) in [5.74, 6) is 0.678. The van der Waals surface area contributed by atoms with Crippen LogP contribution in [0.5, 0.6) is 0 Å². The number of nitrogens with one attached hydrogen (secondary N) is 1. The molecule has 0 saturated carbocycles. The summed E-state index contributed by atoms with van der Waals surface area (Å²) >= 11 is 6.01. The first kappa shape index (κ1) is 16.2. The van der Waals surface area contributed by atoms with Gasteiger partial charge in [0.25, 0.3) is 0 Å². The fourth-order valence-electron chi connectivity index (χ4n) is 2.46. The van der Waals surface area contributed by atoms with E-state index in [2.05, 4.69) is 15.0 Å². The molecule has 6 heteroatoms. The van der Waals surface area contributed by atoms with Gasteiger partial charge in [0, 0.05) is 23.6 Å². The van der Waals surface area contributed by atoms with E-state index in [0.717, 1.165) is 22.6 Å². The second kappa shape index (κ2) is 7.27. The lowest BCUT2D eigenvalue weighted by atomic mass is 10.1. The first-order valence-electron chi connectivity index (χ1n) is 7.56. The monoisotopic (exact) mass is 340 g/mol. The van der Waals surface area contributed by atoms with Crippen molar-refractivity contribution in [3.63, 3.8) is 0 Å².